The predicted molar refractivity (Wildman–Crippen MR) is 128 cm³/mol. The van der Waals surface area contributed by atoms with Gasteiger partial charge < -0.3 is 0 Å². The quantitative estimate of drug-likeness (QED) is 0.348. The van der Waals surface area contributed by atoms with Crippen LogP contribution < -0.4 is 0 Å². The molecule has 154 valence electrons. The number of hydrogen-bond acceptors (Lipinski definition) is 2. The van der Waals surface area contributed by atoms with E-state index in [4.69, 9.17) is 0 Å². The fourth-order valence-corrected chi connectivity index (χ4v) is 5.37. The summed E-state index contributed by atoms with van der Waals surface area (Å²) in [7, 11) is 1.95. The van der Waals surface area contributed by atoms with Gasteiger partial charge in [-0.1, -0.05) is 97.1 Å². The Bertz CT molecular complexity index is 1400. The summed E-state index contributed by atoms with van der Waals surface area (Å²) in [5.74, 6) is 1.66. The zero-order valence-electron chi connectivity index (χ0n) is 18.2. The maximum atomic E-state index is 4.68. The Kier molecular flexibility index (Phi) is 4.12. The van der Waals surface area contributed by atoms with Crippen molar-refractivity contribution in [2.45, 2.75) is 12.3 Å². The van der Waals surface area contributed by atoms with Crippen molar-refractivity contribution in [1.82, 2.24) is 14.8 Å². The summed E-state index contributed by atoms with van der Waals surface area (Å²) in [6.07, 6.45) is 0. The van der Waals surface area contributed by atoms with Gasteiger partial charge in [-0.05, 0) is 46.4 Å². The zero-order chi connectivity index (χ0) is 21.7. The van der Waals surface area contributed by atoms with Gasteiger partial charge in [0.1, 0.15) is 5.82 Å². The minimum absolute atomic E-state index is 0.391. The Labute approximate surface area is 188 Å². The number of benzene rings is 4. The molecule has 6 rings (SSSR count). The van der Waals surface area contributed by atoms with E-state index in [1.807, 2.05) is 18.7 Å². The second kappa shape index (κ2) is 7.03. The maximum Gasteiger partial charge on any atom is 0.158 e. The molecule has 0 unspecified atom stereocenters. The summed E-state index contributed by atoms with van der Waals surface area (Å²) < 4.78 is 1.86. The molecule has 0 N–H and O–H groups in total. The van der Waals surface area contributed by atoms with Crippen LogP contribution >= 0.6 is 0 Å². The highest BCUT2D eigenvalue weighted by Crippen LogP contribution is 2.56. The second-order valence-electron chi connectivity index (χ2n) is 8.39. The predicted octanol–water partition coefficient (Wildman–Crippen LogP) is 6.15. The largest absolute Gasteiger partial charge is 0.249 e. The molecule has 1 aromatic heterocycles. The molecule has 0 amide bonds. The molecule has 0 bridgehead atoms. The average Bonchev–Trinajstić information content (AvgIpc) is 3.34. The monoisotopic (exact) mass is 413 g/mol. The van der Waals surface area contributed by atoms with Gasteiger partial charge in [-0.15, -0.1) is 0 Å². The molecule has 0 aliphatic heterocycles. The van der Waals surface area contributed by atoms with Gasteiger partial charge in [-0.25, -0.2) is 9.67 Å². The first-order valence-electron chi connectivity index (χ1n) is 10.9. The highest BCUT2D eigenvalue weighted by Gasteiger charge is 2.45. The molecular weight excluding hydrogens is 390 g/mol. The molecule has 0 radical (unpaired) electrons. The van der Waals surface area contributed by atoms with Crippen molar-refractivity contribution in [3.8, 4) is 22.5 Å². The summed E-state index contributed by atoms with van der Waals surface area (Å²) in [6.45, 7) is 1.93. The third-order valence-corrected chi connectivity index (χ3v) is 6.58. The van der Waals surface area contributed by atoms with Crippen LogP contribution in [0.25, 0.3) is 22.5 Å². The van der Waals surface area contributed by atoms with E-state index in [9.17, 15) is 0 Å². The van der Waals surface area contributed by atoms with Gasteiger partial charge in [0, 0.05) is 12.6 Å². The molecule has 5 aromatic rings. The molecule has 0 fully saturated rings. The highest BCUT2D eigenvalue weighted by molar-refractivity contribution is 5.86. The lowest BCUT2D eigenvalue weighted by atomic mass is 9.67. The molecule has 3 heteroatoms. The van der Waals surface area contributed by atoms with Crippen molar-refractivity contribution in [3.63, 3.8) is 0 Å². The first-order chi connectivity index (χ1) is 15.7. The molecule has 1 aliphatic rings. The van der Waals surface area contributed by atoms with Crippen LogP contribution in [0.2, 0.25) is 0 Å². The number of hydrogen-bond donors (Lipinski definition) is 0. The van der Waals surface area contributed by atoms with Gasteiger partial charge >= 0.3 is 0 Å². The van der Waals surface area contributed by atoms with Crippen LogP contribution in [0.3, 0.4) is 0 Å². The van der Waals surface area contributed by atoms with Crippen LogP contribution in [0.15, 0.2) is 103 Å². The van der Waals surface area contributed by atoms with Gasteiger partial charge in [0.2, 0.25) is 0 Å². The summed E-state index contributed by atoms with van der Waals surface area (Å²) in [4.78, 5) is 4.68. The van der Waals surface area contributed by atoms with Crippen LogP contribution in [0, 0.1) is 6.92 Å². The first-order valence-corrected chi connectivity index (χ1v) is 10.9. The molecule has 0 saturated heterocycles. The van der Waals surface area contributed by atoms with Crippen molar-refractivity contribution in [1.29, 1.82) is 0 Å². The smallest absolute Gasteiger partial charge is 0.158 e. The lowest BCUT2D eigenvalue weighted by Crippen LogP contribution is -2.28. The lowest BCUT2D eigenvalue weighted by molar-refractivity contribution is 0.758. The second-order valence-corrected chi connectivity index (χ2v) is 8.39. The van der Waals surface area contributed by atoms with E-state index in [0.717, 1.165) is 17.2 Å². The number of nitrogens with zero attached hydrogens (tertiary/aromatic N) is 3. The van der Waals surface area contributed by atoms with E-state index < -0.39 is 5.41 Å². The van der Waals surface area contributed by atoms with Gasteiger partial charge in [0.05, 0.1) is 5.41 Å². The Hall–Kier alpha value is -3.98. The SMILES string of the molecule is Cc1nc(-c2cccc(C3(c4ccccc4)c4ccccc4-c4ccccc43)c2)n(C)n1. The van der Waals surface area contributed by atoms with E-state index in [2.05, 4.69) is 113 Å². The average molecular weight is 414 g/mol. The van der Waals surface area contributed by atoms with Crippen LogP contribution in [0.5, 0.6) is 0 Å². The van der Waals surface area contributed by atoms with E-state index in [-0.39, 0.29) is 0 Å². The van der Waals surface area contributed by atoms with Gasteiger partial charge in [0.15, 0.2) is 5.82 Å². The fraction of sp³-hybridized carbons (Fsp3) is 0.103. The van der Waals surface area contributed by atoms with Crippen LogP contribution in [0.4, 0.5) is 0 Å². The molecule has 0 atom stereocenters. The van der Waals surface area contributed by atoms with Crippen molar-refractivity contribution in [3.05, 3.63) is 131 Å². The molecule has 32 heavy (non-hydrogen) atoms. The number of fused-ring (bicyclic) bond motifs is 3. The van der Waals surface area contributed by atoms with Gasteiger partial charge in [-0.2, -0.15) is 5.10 Å². The van der Waals surface area contributed by atoms with Gasteiger partial charge in [0.25, 0.3) is 0 Å². The van der Waals surface area contributed by atoms with Crippen LogP contribution in [-0.2, 0) is 12.5 Å². The van der Waals surface area contributed by atoms with E-state index in [1.54, 1.807) is 0 Å². The lowest BCUT2D eigenvalue weighted by Gasteiger charge is -2.34. The number of aromatic nitrogens is 3. The molecule has 4 aromatic carbocycles. The Morgan fingerprint density at radius 1 is 0.656 bits per heavy atom. The van der Waals surface area contributed by atoms with Crippen molar-refractivity contribution in [2.24, 2.45) is 7.05 Å². The molecular formula is C29H23N3. The van der Waals surface area contributed by atoms with E-state index >= 15 is 0 Å². The number of rotatable bonds is 3. The highest BCUT2D eigenvalue weighted by atomic mass is 15.3. The number of aryl methyl sites for hydroxylation is 2. The van der Waals surface area contributed by atoms with Gasteiger partial charge in [-0.3, -0.25) is 0 Å². The molecule has 1 aliphatic carbocycles. The summed E-state index contributed by atoms with van der Waals surface area (Å²) in [5, 5.41) is 4.47. The maximum absolute atomic E-state index is 4.68. The molecule has 1 heterocycles. The first kappa shape index (κ1) is 18.8. The van der Waals surface area contributed by atoms with Crippen molar-refractivity contribution in [2.75, 3.05) is 0 Å². The topological polar surface area (TPSA) is 30.7 Å². The fourth-order valence-electron chi connectivity index (χ4n) is 5.37. The third kappa shape index (κ3) is 2.54. The minimum Gasteiger partial charge on any atom is -0.249 e. The van der Waals surface area contributed by atoms with Crippen LogP contribution in [0.1, 0.15) is 28.1 Å². The molecule has 3 nitrogen and oxygen atoms in total. The molecule has 0 spiro atoms. The Morgan fingerprint density at radius 2 is 1.25 bits per heavy atom. The van der Waals surface area contributed by atoms with E-state index in [0.29, 0.717) is 0 Å². The Balaban J connectivity index is 1.71. The summed E-state index contributed by atoms with van der Waals surface area (Å²) >= 11 is 0. The minimum atomic E-state index is -0.391. The van der Waals surface area contributed by atoms with E-state index in [1.165, 1.54) is 33.4 Å². The standard InChI is InChI=1S/C29H23N3/c1-20-30-28(32(2)31-20)21-11-10-14-23(19-21)29(22-12-4-3-5-13-22)26-17-8-6-15-24(26)25-16-7-9-18-27(25)29/h3-19H,1-2H3. The molecule has 0 saturated carbocycles. The van der Waals surface area contributed by atoms with Crippen LogP contribution in [-0.4, -0.2) is 14.8 Å². The van der Waals surface area contributed by atoms with Crippen molar-refractivity contribution >= 4 is 0 Å². The normalized spacial score (nSPS) is 13.6. The van der Waals surface area contributed by atoms with Crippen molar-refractivity contribution < 1.29 is 0 Å². The third-order valence-electron chi connectivity index (χ3n) is 6.58. The summed E-state index contributed by atoms with van der Waals surface area (Å²) in [6, 6.07) is 37.3. The summed E-state index contributed by atoms with van der Waals surface area (Å²) in [5.41, 5.74) is 8.42. The zero-order valence-corrected chi connectivity index (χ0v) is 18.2. The Morgan fingerprint density at radius 3 is 1.88 bits per heavy atom.